The zero-order chi connectivity index (χ0) is 45.2. The largest absolute Gasteiger partial charge is 0.478 e. The van der Waals surface area contributed by atoms with Gasteiger partial charge >= 0.3 is 24.3 Å². The van der Waals surface area contributed by atoms with Gasteiger partial charge in [-0.25, -0.2) is 9.59 Å². The highest BCUT2D eigenvalue weighted by atomic mass is 19.4. The van der Waals surface area contributed by atoms with E-state index in [1.54, 1.807) is 24.3 Å². The molecule has 2 amide bonds. The maximum atomic E-state index is 13.1. The van der Waals surface area contributed by atoms with Crippen molar-refractivity contribution in [2.75, 3.05) is 20.2 Å². The van der Waals surface area contributed by atoms with Crippen LogP contribution in [-0.2, 0) is 50.8 Å². The number of carboxylic acid groups (broad SMARTS) is 1. The van der Waals surface area contributed by atoms with E-state index in [1.807, 2.05) is 21.9 Å². The molecule has 8 rings (SSSR count). The lowest BCUT2D eigenvalue weighted by Gasteiger charge is -2.27. The van der Waals surface area contributed by atoms with Crippen LogP contribution in [0, 0.1) is 0 Å². The van der Waals surface area contributed by atoms with Gasteiger partial charge in [-0.3, -0.25) is 19.4 Å². The number of amides is 2. The van der Waals surface area contributed by atoms with Crippen molar-refractivity contribution in [1.29, 1.82) is 0 Å². The molecule has 0 aromatic heterocycles. The van der Waals surface area contributed by atoms with E-state index in [9.17, 15) is 45.5 Å². The maximum Gasteiger partial charge on any atom is 0.416 e. The van der Waals surface area contributed by atoms with E-state index < -0.39 is 46.5 Å². The first-order valence-corrected chi connectivity index (χ1v) is 20.9. The van der Waals surface area contributed by atoms with Gasteiger partial charge in [0.2, 0.25) is 11.8 Å². The molecule has 334 valence electrons. The van der Waals surface area contributed by atoms with Crippen molar-refractivity contribution < 1.29 is 55.4 Å². The molecule has 2 aliphatic carbocycles. The van der Waals surface area contributed by atoms with E-state index in [4.69, 9.17) is 9.84 Å². The van der Waals surface area contributed by atoms with Gasteiger partial charge in [-0.05, 0) is 135 Å². The van der Waals surface area contributed by atoms with Crippen molar-refractivity contribution in [3.63, 3.8) is 0 Å². The zero-order valence-corrected chi connectivity index (χ0v) is 34.5. The number of methoxy groups -OCH3 is 1. The molecule has 2 saturated heterocycles. The Morgan fingerprint density at radius 1 is 0.603 bits per heavy atom. The molecule has 4 aromatic rings. The number of hydrogen-bond acceptors (Lipinski definition) is 7. The molecule has 0 spiro atoms. The van der Waals surface area contributed by atoms with E-state index in [0.717, 1.165) is 91.6 Å². The van der Waals surface area contributed by atoms with Gasteiger partial charge in [-0.1, -0.05) is 48.5 Å². The molecular weight excluding hydrogens is 831 g/mol. The van der Waals surface area contributed by atoms with Crippen LogP contribution in [0.1, 0.15) is 105 Å². The van der Waals surface area contributed by atoms with Crippen molar-refractivity contribution in [2.24, 2.45) is 0 Å². The Morgan fingerprint density at radius 3 is 1.29 bits per heavy atom. The Hall–Kier alpha value is -5.74. The maximum absolute atomic E-state index is 13.1. The predicted octanol–water partition coefficient (Wildman–Crippen LogP) is 8.44. The van der Waals surface area contributed by atoms with Crippen LogP contribution in [0.2, 0.25) is 0 Å². The second-order valence-corrected chi connectivity index (χ2v) is 16.7. The van der Waals surface area contributed by atoms with Crippen molar-refractivity contribution in [3.8, 4) is 0 Å². The summed E-state index contributed by atoms with van der Waals surface area (Å²) in [7, 11) is 1.33. The van der Waals surface area contributed by atoms with Crippen LogP contribution < -0.4 is 10.6 Å². The van der Waals surface area contributed by atoms with Crippen molar-refractivity contribution >= 4 is 23.8 Å². The topological polar surface area (TPSA) is 128 Å². The molecule has 10 nitrogen and oxygen atoms in total. The minimum absolute atomic E-state index is 0.0658. The minimum atomic E-state index is -4.37. The Balaban J connectivity index is 0.000000189. The van der Waals surface area contributed by atoms with Crippen molar-refractivity contribution in [2.45, 2.75) is 100.0 Å². The lowest BCUT2D eigenvalue weighted by Crippen LogP contribution is -2.46. The molecule has 16 heteroatoms. The van der Waals surface area contributed by atoms with Crippen LogP contribution in [0.15, 0.2) is 97.1 Å². The Bertz CT molecular complexity index is 2270. The van der Waals surface area contributed by atoms with Crippen molar-refractivity contribution in [3.05, 3.63) is 142 Å². The fourth-order valence-electron chi connectivity index (χ4n) is 8.53. The summed E-state index contributed by atoms with van der Waals surface area (Å²) in [5.41, 5.74) is 1.73. The van der Waals surface area contributed by atoms with Crippen molar-refractivity contribution in [1.82, 2.24) is 20.4 Å². The number of halogens is 6. The number of nitrogens with zero attached hydrogens (tertiary/aromatic N) is 2. The van der Waals surface area contributed by atoms with Crippen LogP contribution in [0.25, 0.3) is 0 Å². The van der Waals surface area contributed by atoms with Gasteiger partial charge in [0.25, 0.3) is 0 Å². The van der Waals surface area contributed by atoms with Crippen LogP contribution in [-0.4, -0.2) is 70.9 Å². The Morgan fingerprint density at radius 2 is 0.968 bits per heavy atom. The number of carbonyl (C=O) groups excluding carboxylic acids is 3. The van der Waals surface area contributed by atoms with Gasteiger partial charge < -0.3 is 20.5 Å². The molecule has 2 heterocycles. The third-order valence-electron chi connectivity index (χ3n) is 12.4. The molecule has 3 N–H and O–H groups in total. The molecule has 0 bridgehead atoms. The quantitative estimate of drug-likeness (QED) is 0.0957. The molecule has 0 radical (unpaired) electrons. The number of ether oxygens (including phenoxy) is 1. The van der Waals surface area contributed by atoms with Crippen LogP contribution in [0.5, 0.6) is 0 Å². The average Bonchev–Trinajstić information content (AvgIpc) is 4.11. The fourth-order valence-corrected chi connectivity index (χ4v) is 8.53. The summed E-state index contributed by atoms with van der Waals surface area (Å²) in [5, 5.41) is 15.4. The first-order valence-electron chi connectivity index (χ1n) is 20.9. The molecular formula is C47H48F6N4O6. The smallest absolute Gasteiger partial charge is 0.416 e. The minimum Gasteiger partial charge on any atom is -0.478 e. The van der Waals surface area contributed by atoms with E-state index in [-0.39, 0.29) is 29.5 Å². The molecule has 63 heavy (non-hydrogen) atoms. The van der Waals surface area contributed by atoms with E-state index in [1.165, 1.54) is 43.5 Å². The summed E-state index contributed by atoms with van der Waals surface area (Å²) >= 11 is 0. The molecule has 4 aromatic carbocycles. The van der Waals surface area contributed by atoms with Gasteiger partial charge in [0.05, 0.1) is 52.5 Å². The summed E-state index contributed by atoms with van der Waals surface area (Å²) in [5.74, 6) is -1.56. The number of esters is 1. The molecule has 2 saturated carbocycles. The van der Waals surface area contributed by atoms with Gasteiger partial charge in [-0.15, -0.1) is 0 Å². The highest BCUT2D eigenvalue weighted by Gasteiger charge is 2.49. The third-order valence-corrected chi connectivity index (χ3v) is 12.4. The number of rotatable bonds is 12. The second kappa shape index (κ2) is 18.2. The van der Waals surface area contributed by atoms with Crippen LogP contribution >= 0.6 is 0 Å². The number of benzene rings is 4. The monoisotopic (exact) mass is 878 g/mol. The fraction of sp³-hybridized carbons (Fsp3) is 0.404. The second-order valence-electron chi connectivity index (χ2n) is 16.7. The van der Waals surface area contributed by atoms with Gasteiger partial charge in [-0.2, -0.15) is 26.3 Å². The first-order chi connectivity index (χ1) is 29.9. The lowest BCUT2D eigenvalue weighted by molar-refractivity contribution is -0.138. The van der Waals surface area contributed by atoms with E-state index in [2.05, 4.69) is 10.6 Å². The van der Waals surface area contributed by atoms with Gasteiger partial charge in [0, 0.05) is 13.1 Å². The number of likely N-dealkylation sites (tertiary alicyclic amines) is 2. The van der Waals surface area contributed by atoms with Gasteiger partial charge in [0.1, 0.15) is 0 Å². The van der Waals surface area contributed by atoms with E-state index in [0.29, 0.717) is 38.0 Å². The molecule has 2 aliphatic heterocycles. The summed E-state index contributed by atoms with van der Waals surface area (Å²) in [6.45, 7) is 2.27. The molecule has 4 aliphatic rings. The van der Waals surface area contributed by atoms with E-state index >= 15 is 0 Å². The molecule has 2 atom stereocenters. The average molecular weight is 879 g/mol. The molecule has 0 unspecified atom stereocenters. The summed E-state index contributed by atoms with van der Waals surface area (Å²) in [6, 6.07) is 23.2. The lowest BCUT2D eigenvalue weighted by atomic mass is 10.0. The standard InChI is InChI=1S/C24H25F3N2O3.C23H23F3N2O3/c1-32-22(31)17-6-10-18(11-7-17)23(12-13-23)28-21(30)20-3-2-14-29(20)15-16-4-8-19(9-5-16)24(25,26)27;24-23(25,26)18-7-3-15(4-8-18)14-28-13-1-2-19(28)20(29)27-22(11-12-22)17-9-5-16(6-10-17)21(30)31/h4-11,20H,2-3,12-15H2,1H3,(H,28,30);3-10,19H,1-2,11-14H2,(H,27,29)(H,30,31)/t20-;19-/m11/s1. The number of nitrogens with one attached hydrogen (secondary N) is 2. The number of hydrogen-bond donors (Lipinski definition) is 3. The zero-order valence-electron chi connectivity index (χ0n) is 34.5. The first kappa shape index (κ1) is 45.3. The number of carboxylic acids is 1. The number of carbonyl (C=O) groups is 4. The highest BCUT2D eigenvalue weighted by molar-refractivity contribution is 5.89. The summed E-state index contributed by atoms with van der Waals surface area (Å²) in [6.07, 6.45) is -2.39. The normalized spacial score (nSPS) is 20.2. The predicted molar refractivity (Wildman–Crippen MR) is 219 cm³/mol. The van der Waals surface area contributed by atoms with Crippen LogP contribution in [0.4, 0.5) is 26.3 Å². The summed E-state index contributed by atoms with van der Waals surface area (Å²) in [4.78, 5) is 52.9. The highest BCUT2D eigenvalue weighted by Crippen LogP contribution is 2.47. The van der Waals surface area contributed by atoms with Gasteiger partial charge in [0.15, 0.2) is 0 Å². The Labute approximate surface area is 360 Å². The number of aromatic carboxylic acids is 1. The SMILES string of the molecule is COC(=O)c1ccc(C2(NC(=O)[C@H]3CCCN3Cc3ccc(C(F)(F)F)cc3)CC2)cc1.O=C(O)c1ccc(C2(NC(=O)[C@H]3CCCN3Cc3ccc(C(F)(F)F)cc3)CC2)cc1. The number of alkyl halides is 6. The molecule has 4 fully saturated rings. The third kappa shape index (κ3) is 10.7. The van der Waals surface area contributed by atoms with Crippen LogP contribution in [0.3, 0.4) is 0 Å². The Kier molecular flexibility index (Phi) is 13.1. The summed E-state index contributed by atoms with van der Waals surface area (Å²) < 4.78 is 81.4.